The Morgan fingerprint density at radius 3 is 2.62 bits per heavy atom. The van der Waals surface area contributed by atoms with Gasteiger partial charge in [0.2, 0.25) is 5.91 Å². The molecule has 0 fully saturated rings. The fourth-order valence-electron chi connectivity index (χ4n) is 3.46. The normalized spacial score (nSPS) is 13.4. The van der Waals surface area contributed by atoms with Crippen LogP contribution in [0.15, 0.2) is 41.8 Å². The lowest BCUT2D eigenvalue weighted by Crippen LogP contribution is -2.47. The summed E-state index contributed by atoms with van der Waals surface area (Å²) in [6.07, 6.45) is 0.843. The Labute approximate surface area is 187 Å². The van der Waals surface area contributed by atoms with Gasteiger partial charge in [0.05, 0.1) is 12.3 Å². The molecule has 1 aliphatic rings. The fourth-order valence-corrected chi connectivity index (χ4v) is 4.18. The molecule has 1 aliphatic heterocycles. The first-order valence-corrected chi connectivity index (χ1v) is 11.0. The highest BCUT2D eigenvalue weighted by molar-refractivity contribution is 7.14. The van der Waals surface area contributed by atoms with E-state index in [1.807, 2.05) is 23.6 Å². The molecular weight excluding hydrogens is 436 g/mol. The molecule has 0 bridgehead atoms. The third-order valence-corrected chi connectivity index (χ3v) is 5.90. The van der Waals surface area contributed by atoms with E-state index in [9.17, 15) is 18.4 Å². The van der Waals surface area contributed by atoms with Crippen molar-refractivity contribution in [3.8, 4) is 17.0 Å². The molecule has 6 nitrogen and oxygen atoms in total. The number of rotatable bonds is 6. The van der Waals surface area contributed by atoms with Gasteiger partial charge in [-0.3, -0.25) is 9.59 Å². The molecule has 9 heteroatoms. The second kappa shape index (κ2) is 9.04. The number of thiazole rings is 1. The number of hydrogen-bond donors (Lipinski definition) is 2. The van der Waals surface area contributed by atoms with Gasteiger partial charge < -0.3 is 15.4 Å². The van der Waals surface area contributed by atoms with E-state index in [-0.39, 0.29) is 5.92 Å². The molecule has 2 amide bonds. The summed E-state index contributed by atoms with van der Waals surface area (Å²) in [5, 5.41) is 7.31. The Morgan fingerprint density at radius 2 is 1.91 bits per heavy atom. The number of benzene rings is 2. The van der Waals surface area contributed by atoms with Crippen LogP contribution in [0.5, 0.6) is 5.75 Å². The summed E-state index contributed by atoms with van der Waals surface area (Å²) in [7, 11) is 0. The van der Waals surface area contributed by atoms with Gasteiger partial charge in [-0.25, -0.2) is 13.8 Å². The summed E-state index contributed by atoms with van der Waals surface area (Å²) in [5.74, 6) is -2.95. The maximum Gasteiger partial charge on any atom is 0.257 e. The fraction of sp³-hybridized carbons (Fsp3) is 0.261. The van der Waals surface area contributed by atoms with Crippen molar-refractivity contribution in [1.29, 1.82) is 0 Å². The number of aromatic nitrogens is 1. The molecule has 32 heavy (non-hydrogen) atoms. The summed E-state index contributed by atoms with van der Waals surface area (Å²) >= 11 is 1.25. The second-order valence-corrected chi connectivity index (χ2v) is 8.60. The monoisotopic (exact) mass is 457 g/mol. The number of amides is 2. The maximum atomic E-state index is 13.9. The number of anilines is 1. The molecule has 2 heterocycles. The Morgan fingerprint density at radius 1 is 1.16 bits per heavy atom. The molecule has 3 aromatic rings. The Hall–Kier alpha value is -3.33. The Balaban J connectivity index is 1.47. The Bertz CT molecular complexity index is 1160. The number of nitrogens with one attached hydrogen (secondary N) is 2. The highest BCUT2D eigenvalue weighted by Crippen LogP contribution is 2.32. The molecule has 0 saturated heterocycles. The molecule has 0 unspecified atom stereocenters. The zero-order valence-electron chi connectivity index (χ0n) is 17.4. The number of halogens is 2. The van der Waals surface area contributed by atoms with Crippen LogP contribution in [0.25, 0.3) is 11.3 Å². The van der Waals surface area contributed by atoms with Gasteiger partial charge in [-0.05, 0) is 41.8 Å². The lowest BCUT2D eigenvalue weighted by molar-refractivity contribution is -0.118. The highest BCUT2D eigenvalue weighted by Gasteiger charge is 2.28. The average molecular weight is 458 g/mol. The lowest BCUT2D eigenvalue weighted by atomic mass is 10.0. The quantitative estimate of drug-likeness (QED) is 0.574. The summed E-state index contributed by atoms with van der Waals surface area (Å²) in [6.45, 7) is 4.11. The van der Waals surface area contributed by atoms with E-state index in [0.717, 1.165) is 35.4 Å². The topological polar surface area (TPSA) is 80.3 Å². The van der Waals surface area contributed by atoms with Crippen molar-refractivity contribution in [3.05, 3.63) is 64.5 Å². The van der Waals surface area contributed by atoms with E-state index in [2.05, 4.69) is 15.6 Å². The van der Waals surface area contributed by atoms with Crippen LogP contribution in [-0.4, -0.2) is 29.4 Å². The van der Waals surface area contributed by atoms with E-state index in [1.165, 1.54) is 17.4 Å². The van der Waals surface area contributed by atoms with Gasteiger partial charge >= 0.3 is 0 Å². The molecule has 1 atom stereocenters. The van der Waals surface area contributed by atoms with Crippen molar-refractivity contribution in [2.75, 3.05) is 11.9 Å². The molecule has 2 aromatic carbocycles. The molecule has 0 aliphatic carbocycles. The Kier molecular flexibility index (Phi) is 6.18. The van der Waals surface area contributed by atoms with Crippen LogP contribution < -0.4 is 15.4 Å². The first-order chi connectivity index (χ1) is 15.3. The van der Waals surface area contributed by atoms with Crippen LogP contribution in [-0.2, 0) is 11.2 Å². The zero-order chi connectivity index (χ0) is 22.8. The molecule has 0 radical (unpaired) electrons. The first-order valence-electron chi connectivity index (χ1n) is 10.1. The van der Waals surface area contributed by atoms with Gasteiger partial charge in [0.15, 0.2) is 5.13 Å². The number of hydrogen-bond acceptors (Lipinski definition) is 5. The van der Waals surface area contributed by atoms with Crippen molar-refractivity contribution in [2.45, 2.75) is 26.3 Å². The number of nitrogens with zero attached hydrogens (tertiary/aromatic N) is 1. The minimum Gasteiger partial charge on any atom is -0.493 e. The van der Waals surface area contributed by atoms with Crippen molar-refractivity contribution in [1.82, 2.24) is 10.3 Å². The van der Waals surface area contributed by atoms with Crippen LogP contribution in [0, 0.1) is 17.6 Å². The van der Waals surface area contributed by atoms with Crippen LogP contribution in [0.4, 0.5) is 13.9 Å². The van der Waals surface area contributed by atoms with Crippen molar-refractivity contribution >= 4 is 28.3 Å². The van der Waals surface area contributed by atoms with Crippen molar-refractivity contribution in [3.63, 3.8) is 0 Å². The lowest BCUT2D eigenvalue weighted by Gasteiger charge is -2.21. The largest absolute Gasteiger partial charge is 0.493 e. The molecule has 4 rings (SSSR count). The molecule has 166 valence electrons. The van der Waals surface area contributed by atoms with Gasteiger partial charge in [-0.1, -0.05) is 19.9 Å². The van der Waals surface area contributed by atoms with Crippen LogP contribution in [0.1, 0.15) is 29.8 Å². The summed E-state index contributed by atoms with van der Waals surface area (Å²) in [6, 6.07) is 7.97. The number of ether oxygens (including phenoxy) is 1. The van der Waals surface area contributed by atoms with Crippen LogP contribution >= 0.6 is 11.3 Å². The number of carbonyl (C=O) groups excluding carboxylic acids is 2. The number of fused-ring (bicyclic) bond motifs is 1. The van der Waals surface area contributed by atoms with E-state index in [1.54, 1.807) is 13.8 Å². The minimum absolute atomic E-state index is 0.329. The number of carbonyl (C=O) groups is 2. The molecule has 0 spiro atoms. The van der Waals surface area contributed by atoms with E-state index in [0.29, 0.717) is 17.4 Å². The van der Waals surface area contributed by atoms with Crippen LogP contribution in [0.2, 0.25) is 0 Å². The third-order valence-electron chi connectivity index (χ3n) is 5.15. The van der Waals surface area contributed by atoms with Gasteiger partial charge in [0.25, 0.3) is 5.91 Å². The minimum atomic E-state index is -1.01. The van der Waals surface area contributed by atoms with Crippen molar-refractivity contribution in [2.24, 2.45) is 5.92 Å². The van der Waals surface area contributed by atoms with E-state index < -0.39 is 35.1 Å². The molecule has 1 aromatic heterocycles. The van der Waals surface area contributed by atoms with Gasteiger partial charge in [-0.15, -0.1) is 11.3 Å². The molecule has 0 saturated carbocycles. The van der Waals surface area contributed by atoms with Gasteiger partial charge in [-0.2, -0.15) is 0 Å². The van der Waals surface area contributed by atoms with Crippen molar-refractivity contribution < 1.29 is 23.1 Å². The van der Waals surface area contributed by atoms with E-state index in [4.69, 9.17) is 4.74 Å². The van der Waals surface area contributed by atoms with E-state index >= 15 is 0 Å². The molecule has 2 N–H and O–H groups in total. The first kappa shape index (κ1) is 21.9. The molecular formula is C23H21F2N3O3S. The maximum absolute atomic E-state index is 13.9. The standard InChI is InChI=1S/C23H21F2N3O3S/c1-12(2)20(27-21(29)19-15(24)4-3-5-16(19)25)22(30)28-23-26-17(11-32-23)13-6-7-18-14(10-13)8-9-31-18/h3-7,10-12,20H,8-9H2,1-2H3,(H,27,29)(H,26,28,30)/t20-/m0/s1. The van der Waals surface area contributed by atoms with Gasteiger partial charge in [0, 0.05) is 17.4 Å². The second-order valence-electron chi connectivity index (χ2n) is 7.74. The van der Waals surface area contributed by atoms with Gasteiger partial charge in [0.1, 0.15) is 29.0 Å². The summed E-state index contributed by atoms with van der Waals surface area (Å²) in [4.78, 5) is 29.7. The predicted molar refractivity (Wildman–Crippen MR) is 118 cm³/mol. The summed E-state index contributed by atoms with van der Waals surface area (Å²) in [5.41, 5.74) is 2.01. The zero-order valence-corrected chi connectivity index (χ0v) is 18.3. The predicted octanol–water partition coefficient (Wildman–Crippen LogP) is 4.42. The smallest absolute Gasteiger partial charge is 0.257 e. The van der Waals surface area contributed by atoms with Crippen LogP contribution in [0.3, 0.4) is 0 Å². The third kappa shape index (κ3) is 4.47. The highest BCUT2D eigenvalue weighted by atomic mass is 32.1. The SMILES string of the molecule is CC(C)[C@H](NC(=O)c1c(F)cccc1F)C(=O)Nc1nc(-c2ccc3c(c2)CCO3)cs1. The average Bonchev–Trinajstić information content (AvgIpc) is 3.40. The summed E-state index contributed by atoms with van der Waals surface area (Å²) < 4.78 is 33.4.